The summed E-state index contributed by atoms with van der Waals surface area (Å²) in [4.78, 5) is 6.57. The first-order valence-corrected chi connectivity index (χ1v) is 11.2. The zero-order valence-electron chi connectivity index (χ0n) is 16.1. The molecule has 1 aliphatic heterocycles. The van der Waals surface area contributed by atoms with Crippen LogP contribution in [0.4, 0.5) is 0 Å². The maximum absolute atomic E-state index is 12.9. The normalized spacial score (nSPS) is 16.9. The third-order valence-electron chi connectivity index (χ3n) is 4.86. The summed E-state index contributed by atoms with van der Waals surface area (Å²) in [6.45, 7) is 6.56. The average Bonchev–Trinajstić information content (AvgIpc) is 3.00. The van der Waals surface area contributed by atoms with Crippen LogP contribution in [0, 0.1) is 5.92 Å². The molecular formula is C20H29N3O3S. The minimum atomic E-state index is -3.45. The molecule has 0 atom stereocenters. The van der Waals surface area contributed by atoms with E-state index in [0.29, 0.717) is 13.1 Å². The highest BCUT2D eigenvalue weighted by atomic mass is 32.2. The first-order valence-electron chi connectivity index (χ1n) is 9.56. The summed E-state index contributed by atoms with van der Waals surface area (Å²) in [5.74, 6) is 0.137. The lowest BCUT2D eigenvalue weighted by atomic mass is 10.1. The number of piperidine rings is 1. The summed E-state index contributed by atoms with van der Waals surface area (Å²) in [7, 11) is -3.45. The van der Waals surface area contributed by atoms with Crippen molar-refractivity contribution in [1.29, 1.82) is 0 Å². The lowest BCUT2D eigenvalue weighted by Gasteiger charge is -2.29. The van der Waals surface area contributed by atoms with Gasteiger partial charge in [-0.05, 0) is 24.3 Å². The highest BCUT2D eigenvalue weighted by Gasteiger charge is 2.26. The van der Waals surface area contributed by atoms with Crippen molar-refractivity contribution in [3.05, 3.63) is 47.8 Å². The van der Waals surface area contributed by atoms with E-state index >= 15 is 0 Å². The Morgan fingerprint density at radius 1 is 1.15 bits per heavy atom. The standard InChI is InChI=1S/C20H29N3O3S/c1-16(2)15-27(25,26)20-21-12-18(14-22-10-8-19(24)9-11-22)23(20)13-17-6-4-3-5-7-17/h3-7,12,16,19,24H,8-11,13-15H2,1-2H3. The predicted molar refractivity (Wildman–Crippen MR) is 105 cm³/mol. The van der Waals surface area contributed by atoms with Crippen LogP contribution in [-0.4, -0.2) is 52.9 Å². The fourth-order valence-corrected chi connectivity index (χ4v) is 5.28. The van der Waals surface area contributed by atoms with Crippen molar-refractivity contribution in [2.24, 2.45) is 5.92 Å². The van der Waals surface area contributed by atoms with Crippen LogP contribution >= 0.6 is 0 Å². The zero-order valence-corrected chi connectivity index (χ0v) is 16.9. The van der Waals surface area contributed by atoms with E-state index in [2.05, 4.69) is 9.88 Å². The minimum Gasteiger partial charge on any atom is -0.393 e. The number of aliphatic hydroxyl groups excluding tert-OH is 1. The van der Waals surface area contributed by atoms with Gasteiger partial charge >= 0.3 is 0 Å². The summed E-state index contributed by atoms with van der Waals surface area (Å²) in [6, 6.07) is 9.87. The number of nitrogens with zero attached hydrogens (tertiary/aromatic N) is 3. The highest BCUT2D eigenvalue weighted by Crippen LogP contribution is 2.20. The van der Waals surface area contributed by atoms with Gasteiger partial charge in [-0.15, -0.1) is 0 Å². The third-order valence-corrected chi connectivity index (χ3v) is 6.85. The van der Waals surface area contributed by atoms with Crippen LogP contribution in [0.2, 0.25) is 0 Å². The predicted octanol–water partition coefficient (Wildman–Crippen LogP) is 2.32. The Morgan fingerprint density at radius 3 is 2.44 bits per heavy atom. The molecule has 0 bridgehead atoms. The molecular weight excluding hydrogens is 362 g/mol. The summed E-state index contributed by atoms with van der Waals surface area (Å²) in [5.41, 5.74) is 1.95. The maximum atomic E-state index is 12.9. The van der Waals surface area contributed by atoms with Gasteiger partial charge in [0.2, 0.25) is 15.0 Å². The molecule has 1 aromatic heterocycles. The van der Waals surface area contributed by atoms with Gasteiger partial charge in [-0.25, -0.2) is 13.4 Å². The summed E-state index contributed by atoms with van der Waals surface area (Å²) < 4.78 is 27.6. The topological polar surface area (TPSA) is 75.4 Å². The average molecular weight is 392 g/mol. The molecule has 7 heteroatoms. The van der Waals surface area contributed by atoms with Crippen LogP contribution in [0.3, 0.4) is 0 Å². The van der Waals surface area contributed by atoms with Crippen LogP contribution in [0.15, 0.2) is 41.7 Å². The summed E-state index contributed by atoms with van der Waals surface area (Å²) in [5, 5.41) is 9.87. The molecule has 2 aromatic rings. The Morgan fingerprint density at radius 2 is 1.81 bits per heavy atom. The van der Waals surface area contributed by atoms with Crippen LogP contribution < -0.4 is 0 Å². The molecule has 1 aromatic carbocycles. The SMILES string of the molecule is CC(C)CS(=O)(=O)c1ncc(CN2CCC(O)CC2)n1Cc1ccccc1. The molecule has 0 aliphatic carbocycles. The number of rotatable bonds is 7. The first kappa shape index (κ1) is 20.0. The molecule has 0 amide bonds. The zero-order chi connectivity index (χ0) is 19.4. The molecule has 27 heavy (non-hydrogen) atoms. The summed E-state index contributed by atoms with van der Waals surface area (Å²) in [6.07, 6.45) is 2.98. The number of hydrogen-bond donors (Lipinski definition) is 1. The first-order chi connectivity index (χ1) is 12.8. The Labute approximate surface area is 161 Å². The van der Waals surface area contributed by atoms with Crippen molar-refractivity contribution in [2.45, 2.75) is 51.0 Å². The van der Waals surface area contributed by atoms with Crippen LogP contribution in [0.25, 0.3) is 0 Å². The third kappa shape index (κ3) is 5.18. The van der Waals surface area contributed by atoms with Gasteiger partial charge in [0.05, 0.1) is 30.3 Å². The molecule has 0 spiro atoms. The second-order valence-corrected chi connectivity index (χ2v) is 9.71. The maximum Gasteiger partial charge on any atom is 0.228 e. The van der Waals surface area contributed by atoms with Gasteiger partial charge in [-0.2, -0.15) is 0 Å². The largest absolute Gasteiger partial charge is 0.393 e. The molecule has 0 saturated carbocycles. The lowest BCUT2D eigenvalue weighted by Crippen LogP contribution is -2.36. The second kappa shape index (κ2) is 8.54. The fourth-order valence-electron chi connectivity index (χ4n) is 3.52. The van der Waals surface area contributed by atoms with E-state index in [-0.39, 0.29) is 22.9 Å². The molecule has 3 rings (SSSR count). The van der Waals surface area contributed by atoms with Gasteiger partial charge in [0.1, 0.15) is 0 Å². The number of hydrogen-bond acceptors (Lipinski definition) is 5. The van der Waals surface area contributed by atoms with E-state index in [9.17, 15) is 13.5 Å². The molecule has 0 unspecified atom stereocenters. The van der Waals surface area contributed by atoms with Crippen molar-refractivity contribution in [2.75, 3.05) is 18.8 Å². The Bertz CT molecular complexity index is 839. The molecule has 0 radical (unpaired) electrons. The van der Waals surface area contributed by atoms with E-state index < -0.39 is 9.84 Å². The lowest BCUT2D eigenvalue weighted by molar-refractivity contribution is 0.0781. The van der Waals surface area contributed by atoms with Crippen molar-refractivity contribution in [3.63, 3.8) is 0 Å². The molecule has 6 nitrogen and oxygen atoms in total. The van der Waals surface area contributed by atoms with Gasteiger partial charge in [-0.3, -0.25) is 4.90 Å². The van der Waals surface area contributed by atoms with E-state index in [1.54, 1.807) is 6.20 Å². The van der Waals surface area contributed by atoms with Crippen LogP contribution in [0.5, 0.6) is 0 Å². The van der Waals surface area contributed by atoms with Crippen molar-refractivity contribution >= 4 is 9.84 Å². The van der Waals surface area contributed by atoms with Gasteiger partial charge < -0.3 is 9.67 Å². The molecule has 148 valence electrons. The van der Waals surface area contributed by atoms with E-state index in [1.165, 1.54) is 0 Å². The van der Waals surface area contributed by atoms with Crippen LogP contribution in [0.1, 0.15) is 37.9 Å². The minimum absolute atomic E-state index is 0.0453. The molecule has 1 N–H and O–H groups in total. The smallest absolute Gasteiger partial charge is 0.228 e. The monoisotopic (exact) mass is 391 g/mol. The van der Waals surface area contributed by atoms with Crippen molar-refractivity contribution < 1.29 is 13.5 Å². The van der Waals surface area contributed by atoms with E-state index in [0.717, 1.165) is 37.2 Å². The van der Waals surface area contributed by atoms with Crippen molar-refractivity contribution in [3.8, 4) is 0 Å². The second-order valence-electron chi connectivity index (χ2n) is 7.79. The fraction of sp³-hybridized carbons (Fsp3) is 0.550. The molecule has 1 fully saturated rings. The van der Waals surface area contributed by atoms with Crippen LogP contribution in [-0.2, 0) is 22.9 Å². The molecule has 2 heterocycles. The quantitative estimate of drug-likeness (QED) is 0.784. The Hall–Kier alpha value is -1.70. The molecule has 1 aliphatic rings. The summed E-state index contributed by atoms with van der Waals surface area (Å²) >= 11 is 0. The number of aromatic nitrogens is 2. The van der Waals surface area contributed by atoms with E-state index in [4.69, 9.17) is 0 Å². The highest BCUT2D eigenvalue weighted by molar-refractivity contribution is 7.91. The van der Waals surface area contributed by atoms with Gasteiger partial charge in [0.25, 0.3) is 0 Å². The van der Waals surface area contributed by atoms with Gasteiger partial charge in [-0.1, -0.05) is 44.2 Å². The number of aliphatic hydroxyl groups is 1. The number of imidazole rings is 1. The van der Waals surface area contributed by atoms with Crippen molar-refractivity contribution in [1.82, 2.24) is 14.5 Å². The molecule has 1 saturated heterocycles. The Kier molecular flexibility index (Phi) is 6.34. The van der Waals surface area contributed by atoms with Gasteiger partial charge in [0.15, 0.2) is 0 Å². The number of sulfone groups is 1. The Balaban J connectivity index is 1.90. The van der Waals surface area contributed by atoms with E-state index in [1.807, 2.05) is 48.7 Å². The van der Waals surface area contributed by atoms with Gasteiger partial charge in [0, 0.05) is 19.6 Å². The number of likely N-dealkylation sites (tertiary alicyclic amines) is 1. The number of benzene rings is 1.